The van der Waals surface area contributed by atoms with Crippen LogP contribution in [0.3, 0.4) is 0 Å². The van der Waals surface area contributed by atoms with E-state index in [0.717, 1.165) is 41.1 Å². The molecule has 0 aliphatic heterocycles. The summed E-state index contributed by atoms with van der Waals surface area (Å²) >= 11 is 9.50. The van der Waals surface area contributed by atoms with E-state index in [4.69, 9.17) is 11.6 Å². The van der Waals surface area contributed by atoms with Crippen LogP contribution in [0.1, 0.15) is 12.0 Å². The molecular weight excluding hydrogens is 275 g/mol. The Morgan fingerprint density at radius 3 is 2.87 bits per heavy atom. The van der Waals surface area contributed by atoms with Gasteiger partial charge in [0.2, 0.25) is 0 Å². The van der Waals surface area contributed by atoms with E-state index in [1.165, 1.54) is 0 Å². The molecule has 0 amide bonds. The monoisotopic (exact) mass is 290 g/mol. The molecule has 0 fully saturated rings. The molecule has 0 spiro atoms. The molecule has 0 unspecified atom stereocenters. The Hall–Kier alpha value is -0.0900. The van der Waals surface area contributed by atoms with Gasteiger partial charge in [-0.25, -0.2) is 0 Å². The van der Waals surface area contributed by atoms with Crippen LogP contribution in [0.25, 0.3) is 0 Å². The summed E-state index contributed by atoms with van der Waals surface area (Å²) in [5, 5.41) is 7.29. The van der Waals surface area contributed by atoms with E-state index in [-0.39, 0.29) is 0 Å². The summed E-state index contributed by atoms with van der Waals surface area (Å²) in [5.74, 6) is 0. The van der Waals surface area contributed by atoms with E-state index < -0.39 is 0 Å². The quantitative estimate of drug-likeness (QED) is 0.788. The molecule has 0 aromatic heterocycles. The number of benzene rings is 1. The summed E-state index contributed by atoms with van der Waals surface area (Å²) in [6, 6.07) is 5.91. The van der Waals surface area contributed by atoms with E-state index in [2.05, 4.69) is 26.6 Å². The van der Waals surface area contributed by atoms with E-state index in [9.17, 15) is 0 Å². The Kier molecular flexibility index (Phi) is 6.25. The van der Waals surface area contributed by atoms with Crippen molar-refractivity contribution in [1.29, 1.82) is 0 Å². The van der Waals surface area contributed by atoms with Crippen LogP contribution in [-0.4, -0.2) is 20.1 Å². The highest BCUT2D eigenvalue weighted by molar-refractivity contribution is 9.10. The average molecular weight is 292 g/mol. The van der Waals surface area contributed by atoms with Crippen LogP contribution in [-0.2, 0) is 6.54 Å². The van der Waals surface area contributed by atoms with Crippen molar-refractivity contribution >= 4 is 27.5 Å². The molecule has 1 aromatic carbocycles. The van der Waals surface area contributed by atoms with Crippen LogP contribution in [0.15, 0.2) is 22.7 Å². The van der Waals surface area contributed by atoms with Gasteiger partial charge in [0.25, 0.3) is 0 Å². The molecule has 1 aromatic rings. The van der Waals surface area contributed by atoms with Crippen molar-refractivity contribution in [3.05, 3.63) is 33.3 Å². The lowest BCUT2D eigenvalue weighted by atomic mass is 10.2. The minimum atomic E-state index is 0.819. The maximum atomic E-state index is 6.06. The van der Waals surface area contributed by atoms with Crippen molar-refractivity contribution in [1.82, 2.24) is 10.6 Å². The summed E-state index contributed by atoms with van der Waals surface area (Å²) in [7, 11) is 1.96. The first-order chi connectivity index (χ1) is 7.24. The van der Waals surface area contributed by atoms with Gasteiger partial charge < -0.3 is 10.6 Å². The van der Waals surface area contributed by atoms with Crippen molar-refractivity contribution in [2.45, 2.75) is 13.0 Å². The molecule has 0 radical (unpaired) electrons. The standard InChI is InChI=1S/C11H16BrClN2/c1-14-5-2-6-15-8-9-7-10(12)3-4-11(9)13/h3-4,7,14-15H,2,5-6,8H2,1H3. The van der Waals surface area contributed by atoms with Gasteiger partial charge in [-0.1, -0.05) is 27.5 Å². The number of halogens is 2. The Labute approximate surface area is 105 Å². The largest absolute Gasteiger partial charge is 0.320 e. The first kappa shape index (κ1) is 13.0. The molecule has 0 atom stereocenters. The van der Waals surface area contributed by atoms with E-state index in [0.29, 0.717) is 0 Å². The van der Waals surface area contributed by atoms with E-state index in [1.54, 1.807) is 0 Å². The van der Waals surface area contributed by atoms with Gasteiger partial charge in [0.1, 0.15) is 0 Å². The summed E-state index contributed by atoms with van der Waals surface area (Å²) in [6.45, 7) is 2.87. The van der Waals surface area contributed by atoms with E-state index >= 15 is 0 Å². The zero-order valence-corrected chi connectivity index (χ0v) is 11.2. The zero-order valence-electron chi connectivity index (χ0n) is 8.82. The van der Waals surface area contributed by atoms with Crippen LogP contribution in [0, 0.1) is 0 Å². The molecule has 0 aliphatic rings. The highest BCUT2D eigenvalue weighted by Crippen LogP contribution is 2.20. The second kappa shape index (κ2) is 7.23. The van der Waals surface area contributed by atoms with Gasteiger partial charge in [-0.05, 0) is 50.3 Å². The second-order valence-electron chi connectivity index (χ2n) is 3.37. The summed E-state index contributed by atoms with van der Waals surface area (Å²) in [6.07, 6.45) is 1.13. The van der Waals surface area contributed by atoms with Crippen LogP contribution < -0.4 is 10.6 Å². The van der Waals surface area contributed by atoms with Crippen LogP contribution in [0.4, 0.5) is 0 Å². The minimum Gasteiger partial charge on any atom is -0.320 e. The third kappa shape index (κ3) is 4.98. The summed E-state index contributed by atoms with van der Waals surface area (Å²) in [4.78, 5) is 0. The molecule has 0 bridgehead atoms. The molecule has 2 N–H and O–H groups in total. The van der Waals surface area contributed by atoms with Crippen LogP contribution in [0.2, 0.25) is 5.02 Å². The third-order valence-corrected chi connectivity index (χ3v) is 2.97. The maximum Gasteiger partial charge on any atom is 0.0451 e. The topological polar surface area (TPSA) is 24.1 Å². The summed E-state index contributed by atoms with van der Waals surface area (Å²) < 4.78 is 1.07. The Balaban J connectivity index is 2.33. The van der Waals surface area contributed by atoms with Crippen molar-refractivity contribution in [3.63, 3.8) is 0 Å². The molecule has 0 saturated carbocycles. The number of hydrogen-bond donors (Lipinski definition) is 2. The number of rotatable bonds is 6. The first-order valence-electron chi connectivity index (χ1n) is 5.03. The van der Waals surface area contributed by atoms with Gasteiger partial charge >= 0.3 is 0 Å². The zero-order chi connectivity index (χ0) is 11.1. The van der Waals surface area contributed by atoms with Crippen molar-refractivity contribution < 1.29 is 0 Å². The highest BCUT2D eigenvalue weighted by atomic mass is 79.9. The first-order valence-corrected chi connectivity index (χ1v) is 6.20. The molecule has 84 valence electrons. The smallest absolute Gasteiger partial charge is 0.0451 e. The fourth-order valence-corrected chi connectivity index (χ4v) is 1.88. The Morgan fingerprint density at radius 2 is 2.13 bits per heavy atom. The lowest BCUT2D eigenvalue weighted by Crippen LogP contribution is -2.19. The maximum absolute atomic E-state index is 6.06. The lowest BCUT2D eigenvalue weighted by Gasteiger charge is -2.07. The van der Waals surface area contributed by atoms with Gasteiger partial charge in [-0.3, -0.25) is 0 Å². The highest BCUT2D eigenvalue weighted by Gasteiger charge is 2.00. The fraction of sp³-hybridized carbons (Fsp3) is 0.455. The van der Waals surface area contributed by atoms with Crippen molar-refractivity contribution in [2.24, 2.45) is 0 Å². The molecule has 2 nitrogen and oxygen atoms in total. The van der Waals surface area contributed by atoms with Gasteiger partial charge in [-0.15, -0.1) is 0 Å². The second-order valence-corrected chi connectivity index (χ2v) is 4.69. The van der Waals surface area contributed by atoms with Crippen LogP contribution in [0.5, 0.6) is 0 Å². The van der Waals surface area contributed by atoms with Gasteiger partial charge in [0, 0.05) is 16.0 Å². The van der Waals surface area contributed by atoms with Crippen LogP contribution >= 0.6 is 27.5 Å². The average Bonchev–Trinajstić information content (AvgIpc) is 2.23. The molecule has 4 heteroatoms. The normalized spacial score (nSPS) is 10.6. The molecule has 15 heavy (non-hydrogen) atoms. The molecular formula is C11H16BrClN2. The van der Waals surface area contributed by atoms with Gasteiger partial charge in [0.05, 0.1) is 0 Å². The SMILES string of the molecule is CNCCCNCc1cc(Br)ccc1Cl. The van der Waals surface area contributed by atoms with Gasteiger partial charge in [0.15, 0.2) is 0 Å². The molecule has 0 saturated heterocycles. The molecule has 1 rings (SSSR count). The molecule has 0 heterocycles. The fourth-order valence-electron chi connectivity index (χ4n) is 1.29. The third-order valence-electron chi connectivity index (χ3n) is 2.10. The summed E-state index contributed by atoms with van der Waals surface area (Å²) in [5.41, 5.74) is 1.13. The van der Waals surface area contributed by atoms with Gasteiger partial charge in [-0.2, -0.15) is 0 Å². The minimum absolute atomic E-state index is 0.819. The van der Waals surface area contributed by atoms with Crippen molar-refractivity contribution in [2.75, 3.05) is 20.1 Å². The lowest BCUT2D eigenvalue weighted by molar-refractivity contribution is 0.625. The number of nitrogens with one attached hydrogen (secondary N) is 2. The Morgan fingerprint density at radius 1 is 1.33 bits per heavy atom. The Bertz CT molecular complexity index is 305. The predicted octanol–water partition coefficient (Wildman–Crippen LogP) is 2.80. The predicted molar refractivity (Wildman–Crippen MR) is 69.4 cm³/mol. The number of hydrogen-bond acceptors (Lipinski definition) is 2. The molecule has 0 aliphatic carbocycles. The van der Waals surface area contributed by atoms with E-state index in [1.807, 2.05) is 25.2 Å². The van der Waals surface area contributed by atoms with Crippen molar-refractivity contribution in [3.8, 4) is 0 Å².